The van der Waals surface area contributed by atoms with Gasteiger partial charge in [-0.2, -0.15) is 0 Å². The van der Waals surface area contributed by atoms with Crippen molar-refractivity contribution in [2.24, 2.45) is 0 Å². The van der Waals surface area contributed by atoms with Gasteiger partial charge in [0.25, 0.3) is 0 Å². The Morgan fingerprint density at radius 2 is 2.07 bits per heavy atom. The van der Waals surface area contributed by atoms with E-state index in [0.717, 1.165) is 6.08 Å². The maximum Gasteiger partial charge on any atom is 0.523 e. The highest BCUT2D eigenvalue weighted by atomic mass is 19.4. The van der Waals surface area contributed by atoms with Gasteiger partial charge in [0, 0.05) is 0 Å². The molecule has 1 N–H and O–H groups in total. The number of alkyl halides is 3. The highest BCUT2D eigenvalue weighted by Crippen LogP contribution is 2.33. The Balaban J connectivity index is 2.80. The summed E-state index contributed by atoms with van der Waals surface area (Å²) in [5.74, 6) is -0.164. The average Bonchev–Trinajstić information content (AvgIpc) is 1.94. The van der Waals surface area contributed by atoms with E-state index in [9.17, 15) is 18.3 Å². The zero-order chi connectivity index (χ0) is 11.0. The Labute approximate surface area is 79.7 Å². The lowest BCUT2D eigenvalue weighted by Gasteiger charge is -2.29. The third kappa shape index (κ3) is 2.77. The SMILES string of the molecule is CC1=CC[C@@](C)(OC(F)(F)F)C=C1O. The maximum absolute atomic E-state index is 12.0. The number of rotatable bonds is 1. The first-order chi connectivity index (χ1) is 6.22. The van der Waals surface area contributed by atoms with E-state index in [4.69, 9.17) is 0 Å². The van der Waals surface area contributed by atoms with Crippen molar-refractivity contribution >= 4 is 0 Å². The smallest absolute Gasteiger partial charge is 0.508 e. The first-order valence-electron chi connectivity index (χ1n) is 4.08. The lowest BCUT2D eigenvalue weighted by molar-refractivity contribution is -0.355. The van der Waals surface area contributed by atoms with Crippen LogP contribution in [-0.4, -0.2) is 17.1 Å². The summed E-state index contributed by atoms with van der Waals surface area (Å²) in [4.78, 5) is 0. The van der Waals surface area contributed by atoms with Gasteiger partial charge in [0.1, 0.15) is 11.4 Å². The minimum Gasteiger partial charge on any atom is -0.508 e. The fourth-order valence-electron chi connectivity index (χ4n) is 1.26. The summed E-state index contributed by atoms with van der Waals surface area (Å²) in [7, 11) is 0. The monoisotopic (exact) mass is 208 g/mol. The van der Waals surface area contributed by atoms with E-state index < -0.39 is 12.0 Å². The molecule has 0 aromatic heterocycles. The van der Waals surface area contributed by atoms with Crippen molar-refractivity contribution in [3.05, 3.63) is 23.5 Å². The zero-order valence-electron chi connectivity index (χ0n) is 7.85. The van der Waals surface area contributed by atoms with E-state index in [1.165, 1.54) is 13.0 Å². The van der Waals surface area contributed by atoms with Gasteiger partial charge in [0.15, 0.2) is 0 Å². The number of hydrogen-bond donors (Lipinski definition) is 1. The summed E-state index contributed by atoms with van der Waals surface area (Å²) in [5, 5.41) is 9.26. The van der Waals surface area contributed by atoms with Crippen LogP contribution >= 0.6 is 0 Å². The van der Waals surface area contributed by atoms with Crippen molar-refractivity contribution in [3.8, 4) is 0 Å². The molecule has 0 bridgehead atoms. The molecule has 1 rings (SSSR count). The first-order valence-corrected chi connectivity index (χ1v) is 4.08. The third-order valence-corrected chi connectivity index (χ3v) is 2.01. The summed E-state index contributed by atoms with van der Waals surface area (Å²) in [6.07, 6.45) is -2.00. The maximum atomic E-state index is 12.0. The molecule has 80 valence electrons. The van der Waals surface area contributed by atoms with Crippen LogP contribution in [0.25, 0.3) is 0 Å². The van der Waals surface area contributed by atoms with Crippen molar-refractivity contribution in [2.45, 2.75) is 32.2 Å². The predicted octanol–water partition coefficient (Wildman–Crippen LogP) is 3.07. The molecule has 0 aromatic rings. The molecule has 0 aliphatic heterocycles. The molecule has 5 heteroatoms. The van der Waals surface area contributed by atoms with Crippen LogP contribution in [0.2, 0.25) is 0 Å². The molecule has 0 saturated heterocycles. The molecule has 0 saturated carbocycles. The fraction of sp³-hybridized carbons (Fsp3) is 0.556. The van der Waals surface area contributed by atoms with Crippen LogP contribution in [0, 0.1) is 0 Å². The molecule has 1 aliphatic carbocycles. The Morgan fingerprint density at radius 3 is 2.50 bits per heavy atom. The molecule has 1 atom stereocenters. The van der Waals surface area contributed by atoms with Gasteiger partial charge in [-0.25, -0.2) is 0 Å². The lowest BCUT2D eigenvalue weighted by Crippen LogP contribution is -2.34. The molecule has 0 heterocycles. The van der Waals surface area contributed by atoms with Crippen molar-refractivity contribution in [3.63, 3.8) is 0 Å². The lowest BCUT2D eigenvalue weighted by atomic mass is 9.93. The van der Waals surface area contributed by atoms with E-state index >= 15 is 0 Å². The number of ether oxygens (including phenoxy) is 1. The highest BCUT2D eigenvalue weighted by Gasteiger charge is 2.40. The van der Waals surface area contributed by atoms with Crippen LogP contribution in [0.3, 0.4) is 0 Å². The Kier molecular flexibility index (Phi) is 2.63. The number of aliphatic hydroxyl groups is 1. The second kappa shape index (κ2) is 3.31. The molecule has 0 spiro atoms. The van der Waals surface area contributed by atoms with Crippen molar-refractivity contribution in [1.29, 1.82) is 0 Å². The van der Waals surface area contributed by atoms with Crippen LogP contribution in [0.4, 0.5) is 13.2 Å². The number of halogens is 3. The summed E-state index contributed by atoms with van der Waals surface area (Å²) in [6.45, 7) is 2.90. The Bertz CT molecular complexity index is 291. The molecular formula is C9H11F3O2. The van der Waals surface area contributed by atoms with Crippen LogP contribution in [0.15, 0.2) is 23.5 Å². The third-order valence-electron chi connectivity index (χ3n) is 2.01. The predicted molar refractivity (Wildman–Crippen MR) is 44.6 cm³/mol. The normalized spacial score (nSPS) is 28.4. The van der Waals surface area contributed by atoms with E-state index in [2.05, 4.69) is 4.74 Å². The van der Waals surface area contributed by atoms with Gasteiger partial charge in [0.05, 0.1) is 0 Å². The van der Waals surface area contributed by atoms with E-state index in [1.807, 2.05) is 0 Å². The Morgan fingerprint density at radius 1 is 1.50 bits per heavy atom. The molecule has 14 heavy (non-hydrogen) atoms. The summed E-state index contributed by atoms with van der Waals surface area (Å²) in [5.41, 5.74) is -0.935. The fourth-order valence-corrected chi connectivity index (χ4v) is 1.26. The van der Waals surface area contributed by atoms with Gasteiger partial charge in [-0.05, 0) is 31.9 Å². The van der Waals surface area contributed by atoms with Gasteiger partial charge >= 0.3 is 6.36 Å². The van der Waals surface area contributed by atoms with E-state index in [0.29, 0.717) is 5.57 Å². The number of allylic oxidation sites excluding steroid dienone is 1. The second-order valence-corrected chi connectivity index (χ2v) is 3.48. The van der Waals surface area contributed by atoms with Crippen molar-refractivity contribution < 1.29 is 23.0 Å². The quantitative estimate of drug-likeness (QED) is 0.717. The van der Waals surface area contributed by atoms with Crippen LogP contribution in [0.1, 0.15) is 20.3 Å². The summed E-state index contributed by atoms with van der Waals surface area (Å²) in [6, 6.07) is 0. The minimum absolute atomic E-state index is 0.0996. The Hall–Kier alpha value is -0.970. The highest BCUT2D eigenvalue weighted by molar-refractivity contribution is 5.30. The standard InChI is InChI=1S/C9H11F3O2/c1-6-3-4-8(2,5-7(6)13)14-9(10,11)12/h3,5,13H,4H2,1-2H3/t8-/m1/s1. The zero-order valence-corrected chi connectivity index (χ0v) is 7.85. The molecule has 2 nitrogen and oxygen atoms in total. The van der Waals surface area contributed by atoms with Gasteiger partial charge in [-0.15, -0.1) is 13.2 Å². The number of hydrogen-bond acceptors (Lipinski definition) is 2. The molecular weight excluding hydrogens is 197 g/mol. The topological polar surface area (TPSA) is 29.5 Å². The molecule has 0 amide bonds. The van der Waals surface area contributed by atoms with Crippen molar-refractivity contribution in [1.82, 2.24) is 0 Å². The second-order valence-electron chi connectivity index (χ2n) is 3.48. The van der Waals surface area contributed by atoms with Gasteiger partial charge in [0.2, 0.25) is 0 Å². The van der Waals surface area contributed by atoms with Crippen LogP contribution in [-0.2, 0) is 4.74 Å². The van der Waals surface area contributed by atoms with Crippen LogP contribution < -0.4 is 0 Å². The molecule has 0 aromatic carbocycles. The van der Waals surface area contributed by atoms with Gasteiger partial charge < -0.3 is 5.11 Å². The van der Waals surface area contributed by atoms with E-state index in [1.54, 1.807) is 6.92 Å². The molecule has 0 unspecified atom stereocenters. The largest absolute Gasteiger partial charge is 0.523 e. The van der Waals surface area contributed by atoms with Gasteiger partial charge in [-0.1, -0.05) is 6.08 Å². The molecule has 0 fully saturated rings. The first kappa shape index (κ1) is 11.1. The number of aliphatic hydroxyl groups excluding tert-OH is 1. The molecule has 0 radical (unpaired) electrons. The van der Waals surface area contributed by atoms with Crippen LogP contribution in [0.5, 0.6) is 0 Å². The average molecular weight is 208 g/mol. The van der Waals surface area contributed by atoms with Crippen molar-refractivity contribution in [2.75, 3.05) is 0 Å². The van der Waals surface area contributed by atoms with Gasteiger partial charge in [-0.3, -0.25) is 4.74 Å². The summed E-state index contributed by atoms with van der Waals surface area (Å²) < 4.78 is 39.8. The minimum atomic E-state index is -4.69. The summed E-state index contributed by atoms with van der Waals surface area (Å²) >= 11 is 0. The van der Waals surface area contributed by atoms with E-state index in [-0.39, 0.29) is 12.2 Å². The molecule has 1 aliphatic rings.